The van der Waals surface area contributed by atoms with Gasteiger partial charge in [0.1, 0.15) is 0 Å². The first kappa shape index (κ1) is 21.9. The minimum absolute atomic E-state index is 0. The fraction of sp³-hybridized carbons (Fsp3) is 0.650. The van der Waals surface area contributed by atoms with E-state index in [0.717, 1.165) is 50.1 Å². The third kappa shape index (κ3) is 5.43. The van der Waals surface area contributed by atoms with Crippen LogP contribution < -0.4 is 15.5 Å². The lowest BCUT2D eigenvalue weighted by Gasteiger charge is -2.47. The summed E-state index contributed by atoms with van der Waals surface area (Å²) in [7, 11) is 0. The molecule has 2 N–H and O–H groups in total. The smallest absolute Gasteiger partial charge is 0.191 e. The molecule has 2 atom stereocenters. The standard InChI is InChI=1S/C20H31ClN6.HI/c1-2-22-20(23-13-19-15-25-8-10-26(19)11-9-25)24-17-6-7-27(14-17)18-5-3-4-16(21)12-18;/h3-5,12,17,19H,2,6-11,13-15H2,1H3,(H2,22,23,24);1H. The SMILES string of the molecule is CCNC(=NCC1CN2CCN1CC2)NC1CCN(c2cccc(Cl)c2)C1.I. The maximum atomic E-state index is 6.15. The highest BCUT2D eigenvalue weighted by Crippen LogP contribution is 2.23. The van der Waals surface area contributed by atoms with Crippen LogP contribution in [0.5, 0.6) is 0 Å². The molecule has 0 saturated carbocycles. The number of halogens is 2. The van der Waals surface area contributed by atoms with Crippen LogP contribution in [0.2, 0.25) is 5.02 Å². The number of fused-ring (bicyclic) bond motifs is 3. The molecular formula is C20H32ClIN6. The zero-order chi connectivity index (χ0) is 18.6. The van der Waals surface area contributed by atoms with Gasteiger partial charge in [-0.1, -0.05) is 17.7 Å². The van der Waals surface area contributed by atoms with Crippen molar-refractivity contribution in [2.75, 3.05) is 63.8 Å². The second-order valence-electron chi connectivity index (χ2n) is 7.77. The molecule has 0 aliphatic carbocycles. The van der Waals surface area contributed by atoms with Crippen molar-refractivity contribution in [3.05, 3.63) is 29.3 Å². The number of anilines is 1. The number of aliphatic imine (C=N–C) groups is 1. The highest BCUT2D eigenvalue weighted by molar-refractivity contribution is 14.0. The van der Waals surface area contributed by atoms with Crippen LogP contribution in [0.15, 0.2) is 29.3 Å². The zero-order valence-corrected chi connectivity index (χ0v) is 19.7. The first-order valence-corrected chi connectivity index (χ1v) is 10.6. The van der Waals surface area contributed by atoms with Gasteiger partial charge in [-0.3, -0.25) is 14.8 Å². The molecule has 0 radical (unpaired) electrons. The molecule has 1 aromatic carbocycles. The van der Waals surface area contributed by atoms with E-state index in [2.05, 4.69) is 38.3 Å². The van der Waals surface area contributed by atoms with Crippen molar-refractivity contribution in [3.8, 4) is 0 Å². The topological polar surface area (TPSA) is 46.1 Å². The molecule has 8 heteroatoms. The molecule has 2 bridgehead atoms. The Bertz CT molecular complexity index is 664. The van der Waals surface area contributed by atoms with Gasteiger partial charge >= 0.3 is 0 Å². The number of hydrogen-bond donors (Lipinski definition) is 2. The highest BCUT2D eigenvalue weighted by Gasteiger charge is 2.31. The summed E-state index contributed by atoms with van der Waals surface area (Å²) < 4.78 is 0. The molecule has 28 heavy (non-hydrogen) atoms. The van der Waals surface area contributed by atoms with E-state index in [1.165, 1.54) is 31.9 Å². The predicted octanol–water partition coefficient (Wildman–Crippen LogP) is 2.09. The molecular weight excluding hydrogens is 487 g/mol. The van der Waals surface area contributed by atoms with Crippen LogP contribution in [0.1, 0.15) is 13.3 Å². The lowest BCUT2D eigenvalue weighted by atomic mass is 10.1. The van der Waals surface area contributed by atoms with E-state index in [4.69, 9.17) is 16.6 Å². The van der Waals surface area contributed by atoms with E-state index in [1.807, 2.05) is 18.2 Å². The number of nitrogens with one attached hydrogen (secondary N) is 2. The van der Waals surface area contributed by atoms with Gasteiger partial charge in [-0.2, -0.15) is 0 Å². The molecule has 4 saturated heterocycles. The van der Waals surface area contributed by atoms with Crippen molar-refractivity contribution < 1.29 is 0 Å². The summed E-state index contributed by atoms with van der Waals surface area (Å²) >= 11 is 6.15. The largest absolute Gasteiger partial charge is 0.369 e. The first-order valence-electron chi connectivity index (χ1n) is 10.2. The van der Waals surface area contributed by atoms with Crippen LogP contribution in [0.4, 0.5) is 5.69 Å². The highest BCUT2D eigenvalue weighted by atomic mass is 127. The van der Waals surface area contributed by atoms with Crippen LogP contribution in [0.25, 0.3) is 0 Å². The van der Waals surface area contributed by atoms with Gasteiger partial charge in [-0.05, 0) is 31.5 Å². The van der Waals surface area contributed by atoms with Crippen LogP contribution in [0.3, 0.4) is 0 Å². The molecule has 0 amide bonds. The molecule has 4 aliphatic rings. The number of rotatable bonds is 5. The lowest BCUT2D eigenvalue weighted by molar-refractivity contribution is 0.0174. The Morgan fingerprint density at radius 2 is 2.00 bits per heavy atom. The van der Waals surface area contributed by atoms with E-state index in [1.54, 1.807) is 0 Å². The van der Waals surface area contributed by atoms with Crippen molar-refractivity contribution in [1.29, 1.82) is 0 Å². The lowest BCUT2D eigenvalue weighted by Crippen LogP contribution is -2.62. The van der Waals surface area contributed by atoms with Gasteiger partial charge in [0.2, 0.25) is 0 Å². The Morgan fingerprint density at radius 1 is 1.18 bits per heavy atom. The summed E-state index contributed by atoms with van der Waals surface area (Å²) in [6.07, 6.45) is 1.11. The van der Waals surface area contributed by atoms with Crippen molar-refractivity contribution >= 4 is 47.2 Å². The summed E-state index contributed by atoms with van der Waals surface area (Å²) in [4.78, 5) is 12.5. The van der Waals surface area contributed by atoms with E-state index >= 15 is 0 Å². The summed E-state index contributed by atoms with van der Waals surface area (Å²) in [6.45, 7) is 11.9. The average Bonchev–Trinajstić information content (AvgIpc) is 3.16. The fourth-order valence-electron chi connectivity index (χ4n) is 4.39. The average molecular weight is 519 g/mol. The number of piperazine rings is 3. The van der Waals surface area contributed by atoms with Gasteiger partial charge < -0.3 is 15.5 Å². The van der Waals surface area contributed by atoms with E-state index in [9.17, 15) is 0 Å². The summed E-state index contributed by atoms with van der Waals surface area (Å²) in [5.41, 5.74) is 1.20. The third-order valence-corrected chi connectivity index (χ3v) is 6.13. The van der Waals surface area contributed by atoms with Gasteiger partial charge in [-0.25, -0.2) is 0 Å². The second kappa shape index (κ2) is 10.3. The van der Waals surface area contributed by atoms with Crippen LogP contribution >= 0.6 is 35.6 Å². The van der Waals surface area contributed by atoms with Gasteiger partial charge in [0, 0.05) is 75.2 Å². The molecule has 4 fully saturated rings. The van der Waals surface area contributed by atoms with E-state index in [-0.39, 0.29) is 24.0 Å². The maximum Gasteiger partial charge on any atom is 0.191 e. The minimum atomic E-state index is 0. The summed E-state index contributed by atoms with van der Waals surface area (Å²) in [6, 6.07) is 9.11. The fourth-order valence-corrected chi connectivity index (χ4v) is 4.58. The molecule has 4 aliphatic heterocycles. The van der Waals surface area contributed by atoms with Crippen molar-refractivity contribution in [3.63, 3.8) is 0 Å². The first-order chi connectivity index (χ1) is 13.2. The van der Waals surface area contributed by atoms with Gasteiger partial charge in [0.25, 0.3) is 0 Å². The second-order valence-corrected chi connectivity index (χ2v) is 8.20. The molecule has 4 heterocycles. The Labute approximate surface area is 190 Å². The zero-order valence-electron chi connectivity index (χ0n) is 16.6. The van der Waals surface area contributed by atoms with Gasteiger partial charge in [0.05, 0.1) is 6.54 Å². The molecule has 0 aromatic heterocycles. The molecule has 2 unspecified atom stereocenters. The Balaban J connectivity index is 0.00000225. The van der Waals surface area contributed by atoms with Crippen molar-refractivity contribution in [2.24, 2.45) is 4.99 Å². The van der Waals surface area contributed by atoms with Crippen molar-refractivity contribution in [1.82, 2.24) is 20.4 Å². The number of nitrogens with zero attached hydrogens (tertiary/aromatic N) is 4. The van der Waals surface area contributed by atoms with E-state index in [0.29, 0.717) is 12.1 Å². The molecule has 6 nitrogen and oxygen atoms in total. The molecule has 5 rings (SSSR count). The maximum absolute atomic E-state index is 6.15. The van der Waals surface area contributed by atoms with Gasteiger partial charge in [0.15, 0.2) is 5.96 Å². The van der Waals surface area contributed by atoms with Crippen LogP contribution in [0, 0.1) is 0 Å². The Morgan fingerprint density at radius 3 is 2.68 bits per heavy atom. The Kier molecular flexibility index (Phi) is 8.08. The molecule has 1 aromatic rings. The molecule has 156 valence electrons. The summed E-state index contributed by atoms with van der Waals surface area (Å²) in [5.74, 6) is 0.952. The normalized spacial score (nSPS) is 29.5. The number of hydrogen-bond acceptors (Lipinski definition) is 4. The van der Waals surface area contributed by atoms with Crippen LogP contribution in [-0.2, 0) is 0 Å². The monoisotopic (exact) mass is 518 g/mol. The van der Waals surface area contributed by atoms with E-state index < -0.39 is 0 Å². The Hall–Kier alpha value is -0.770. The predicted molar refractivity (Wildman–Crippen MR) is 128 cm³/mol. The quantitative estimate of drug-likeness (QED) is 0.355. The summed E-state index contributed by atoms with van der Waals surface area (Å²) in [5, 5.41) is 7.87. The van der Waals surface area contributed by atoms with Gasteiger partial charge in [-0.15, -0.1) is 24.0 Å². The number of guanidine groups is 1. The number of benzene rings is 1. The molecule has 0 spiro atoms. The van der Waals surface area contributed by atoms with Crippen LogP contribution in [-0.4, -0.2) is 86.7 Å². The van der Waals surface area contributed by atoms with Crippen molar-refractivity contribution in [2.45, 2.75) is 25.4 Å². The minimum Gasteiger partial charge on any atom is -0.369 e. The third-order valence-electron chi connectivity index (χ3n) is 5.90.